The Kier molecular flexibility index (Phi) is 6.92. The summed E-state index contributed by atoms with van der Waals surface area (Å²) >= 11 is 0. The summed E-state index contributed by atoms with van der Waals surface area (Å²) in [6, 6.07) is 17.7. The summed E-state index contributed by atoms with van der Waals surface area (Å²) in [5, 5.41) is 3.17. The van der Waals surface area contributed by atoms with Crippen LogP contribution in [0, 0.1) is 6.92 Å². The molecule has 6 heteroatoms. The second-order valence-electron chi connectivity index (χ2n) is 9.80. The number of hydrogen-bond acceptors (Lipinski definition) is 6. The maximum absolute atomic E-state index is 13.2. The lowest BCUT2D eigenvalue weighted by atomic mass is 9.77. The first-order valence-corrected chi connectivity index (χ1v) is 13.3. The van der Waals surface area contributed by atoms with Crippen LogP contribution in [0.2, 0.25) is 0 Å². The largest absolute Gasteiger partial charge is 0.456 e. The summed E-state index contributed by atoms with van der Waals surface area (Å²) in [7, 11) is 0. The number of carbonyl (C=O) groups excluding carboxylic acids is 2. The minimum atomic E-state index is -1.13. The molecule has 0 aromatic heterocycles. The van der Waals surface area contributed by atoms with Crippen molar-refractivity contribution in [3.8, 4) is 11.5 Å². The number of aldehydes is 1. The van der Waals surface area contributed by atoms with Gasteiger partial charge >= 0.3 is 5.97 Å². The fourth-order valence-corrected chi connectivity index (χ4v) is 5.41. The maximum Gasteiger partial charge on any atom is 0.340 e. The van der Waals surface area contributed by atoms with Crippen LogP contribution < -0.4 is 15.0 Å². The minimum absolute atomic E-state index is 0.190. The van der Waals surface area contributed by atoms with Gasteiger partial charge in [-0.05, 0) is 55.7 Å². The summed E-state index contributed by atoms with van der Waals surface area (Å²) in [4.78, 5) is 26.6. The van der Waals surface area contributed by atoms with Crippen molar-refractivity contribution in [2.45, 2.75) is 52.1 Å². The molecule has 2 aliphatic heterocycles. The third-order valence-electron chi connectivity index (χ3n) is 7.35. The van der Waals surface area contributed by atoms with Gasteiger partial charge in [0, 0.05) is 47.2 Å². The van der Waals surface area contributed by atoms with Crippen LogP contribution in [0.1, 0.15) is 72.1 Å². The van der Waals surface area contributed by atoms with Crippen LogP contribution in [0.15, 0.2) is 54.6 Å². The molecule has 1 atom stereocenters. The Hall–Kier alpha value is -3.80. The Labute approximate surface area is 218 Å². The summed E-state index contributed by atoms with van der Waals surface area (Å²) in [5.41, 5.74) is 4.64. The Bertz CT molecular complexity index is 1330. The summed E-state index contributed by atoms with van der Waals surface area (Å²) < 4.78 is 12.9. The molecule has 2 aliphatic rings. The average molecular weight is 499 g/mol. The highest BCUT2D eigenvalue weighted by Gasteiger charge is 2.53. The topological polar surface area (TPSA) is 67.9 Å². The van der Waals surface area contributed by atoms with Gasteiger partial charge in [0.15, 0.2) is 5.60 Å². The summed E-state index contributed by atoms with van der Waals surface area (Å²) in [5.74, 6) is 0.992. The molecule has 192 valence electrons. The molecular formula is C31H34N2O4. The number of nitrogens with zero attached hydrogens (tertiary/aromatic N) is 1. The van der Waals surface area contributed by atoms with Gasteiger partial charge in [0.2, 0.25) is 0 Å². The number of esters is 1. The van der Waals surface area contributed by atoms with Gasteiger partial charge in [0.1, 0.15) is 17.8 Å². The lowest BCUT2D eigenvalue weighted by molar-refractivity contribution is -0.106. The number of nitrogens with one attached hydrogen (secondary N) is 1. The average Bonchev–Trinajstić information content (AvgIpc) is 3.20. The monoisotopic (exact) mass is 498 g/mol. The van der Waals surface area contributed by atoms with Crippen molar-refractivity contribution in [2.24, 2.45) is 0 Å². The van der Waals surface area contributed by atoms with Gasteiger partial charge in [-0.3, -0.25) is 0 Å². The fourth-order valence-electron chi connectivity index (χ4n) is 5.41. The molecule has 0 saturated carbocycles. The molecule has 6 nitrogen and oxygen atoms in total. The van der Waals surface area contributed by atoms with E-state index in [-0.39, 0.29) is 12.5 Å². The molecule has 3 aromatic rings. The third kappa shape index (κ3) is 4.24. The van der Waals surface area contributed by atoms with Gasteiger partial charge < -0.3 is 24.5 Å². The van der Waals surface area contributed by atoms with Crippen molar-refractivity contribution in [1.29, 1.82) is 0 Å². The van der Waals surface area contributed by atoms with Gasteiger partial charge in [0.05, 0.1) is 12.1 Å². The third-order valence-corrected chi connectivity index (χ3v) is 7.35. The highest BCUT2D eigenvalue weighted by molar-refractivity contribution is 5.97. The molecule has 0 bridgehead atoms. The van der Waals surface area contributed by atoms with E-state index in [9.17, 15) is 9.59 Å². The normalized spacial score (nSPS) is 16.9. The molecule has 0 fully saturated rings. The van der Waals surface area contributed by atoms with Crippen LogP contribution in [-0.4, -0.2) is 31.9 Å². The fraction of sp³-hybridized carbons (Fsp3) is 0.355. The van der Waals surface area contributed by atoms with E-state index in [1.165, 1.54) is 0 Å². The molecule has 0 radical (unpaired) electrons. The van der Waals surface area contributed by atoms with E-state index in [4.69, 9.17) is 9.47 Å². The Balaban J connectivity index is 1.69. The van der Waals surface area contributed by atoms with Crippen LogP contribution in [0.25, 0.3) is 0 Å². The van der Waals surface area contributed by atoms with Crippen molar-refractivity contribution in [2.75, 3.05) is 29.9 Å². The smallest absolute Gasteiger partial charge is 0.340 e. The Morgan fingerprint density at radius 2 is 1.65 bits per heavy atom. The highest BCUT2D eigenvalue weighted by atomic mass is 16.6. The number of carbonyl (C=O) groups is 2. The van der Waals surface area contributed by atoms with Crippen LogP contribution in [0.3, 0.4) is 0 Å². The quantitative estimate of drug-likeness (QED) is 0.252. The van der Waals surface area contributed by atoms with Crippen molar-refractivity contribution in [3.63, 3.8) is 0 Å². The zero-order valence-corrected chi connectivity index (χ0v) is 21.8. The molecule has 3 aromatic carbocycles. The number of anilines is 2. The predicted octanol–water partition coefficient (Wildman–Crippen LogP) is 6.58. The second-order valence-corrected chi connectivity index (χ2v) is 9.80. The van der Waals surface area contributed by atoms with Gasteiger partial charge in [0.25, 0.3) is 0 Å². The Morgan fingerprint density at radius 1 is 0.919 bits per heavy atom. The number of hydrogen-bond donors (Lipinski definition) is 1. The zero-order chi connectivity index (χ0) is 26.0. The molecule has 0 aliphatic carbocycles. The highest BCUT2D eigenvalue weighted by Crippen LogP contribution is 2.57. The van der Waals surface area contributed by atoms with Crippen molar-refractivity contribution in [3.05, 3.63) is 82.4 Å². The molecule has 37 heavy (non-hydrogen) atoms. The van der Waals surface area contributed by atoms with Crippen LogP contribution in [-0.2, 0) is 15.1 Å². The van der Waals surface area contributed by atoms with E-state index in [0.717, 1.165) is 78.7 Å². The number of fused-ring (bicyclic) bond motifs is 6. The number of benzene rings is 3. The van der Waals surface area contributed by atoms with Gasteiger partial charge in [-0.1, -0.05) is 44.9 Å². The van der Waals surface area contributed by atoms with E-state index in [1.54, 1.807) is 0 Å². The maximum atomic E-state index is 13.2. The van der Waals surface area contributed by atoms with Gasteiger partial charge in [-0.2, -0.15) is 0 Å². The van der Waals surface area contributed by atoms with E-state index >= 15 is 0 Å². The minimum Gasteiger partial charge on any atom is -0.456 e. The number of unbranched alkanes of at least 4 members (excludes halogenated alkanes) is 2. The first-order valence-electron chi connectivity index (χ1n) is 13.3. The molecule has 1 N–H and O–H groups in total. The zero-order valence-electron chi connectivity index (χ0n) is 21.8. The lowest BCUT2D eigenvalue weighted by Crippen LogP contribution is -2.33. The number of rotatable bonds is 10. The molecule has 0 amide bonds. The second kappa shape index (κ2) is 10.3. The van der Waals surface area contributed by atoms with E-state index in [1.807, 2.05) is 49.4 Å². The number of ether oxygens (including phenoxy) is 2. The first-order chi connectivity index (χ1) is 18.0. The van der Waals surface area contributed by atoms with Crippen molar-refractivity contribution >= 4 is 23.6 Å². The molecule has 2 heterocycles. The molecule has 1 spiro atoms. The van der Waals surface area contributed by atoms with E-state index < -0.39 is 5.60 Å². The summed E-state index contributed by atoms with van der Waals surface area (Å²) in [6.45, 7) is 8.55. The first kappa shape index (κ1) is 24.9. The van der Waals surface area contributed by atoms with E-state index in [2.05, 4.69) is 36.2 Å². The van der Waals surface area contributed by atoms with Crippen LogP contribution in [0.4, 0.5) is 11.4 Å². The summed E-state index contributed by atoms with van der Waals surface area (Å²) in [6.07, 6.45) is 5.33. The SMILES string of the molecule is CCCCN(CCCC)c1ccc2c(c1)Oc1cc(C)c(NCC=O)cc1C21OC(=O)c2ccccc21. The van der Waals surface area contributed by atoms with Gasteiger partial charge in [-0.15, -0.1) is 0 Å². The molecule has 5 rings (SSSR count). The van der Waals surface area contributed by atoms with E-state index in [0.29, 0.717) is 17.1 Å². The van der Waals surface area contributed by atoms with Crippen molar-refractivity contribution < 1.29 is 19.1 Å². The molecule has 0 saturated heterocycles. The predicted molar refractivity (Wildman–Crippen MR) is 146 cm³/mol. The molecular weight excluding hydrogens is 464 g/mol. The van der Waals surface area contributed by atoms with Crippen LogP contribution >= 0.6 is 0 Å². The Morgan fingerprint density at radius 3 is 2.38 bits per heavy atom. The number of aryl methyl sites for hydroxylation is 1. The van der Waals surface area contributed by atoms with Crippen LogP contribution in [0.5, 0.6) is 11.5 Å². The van der Waals surface area contributed by atoms with Crippen molar-refractivity contribution in [1.82, 2.24) is 0 Å². The molecule has 1 unspecified atom stereocenters. The van der Waals surface area contributed by atoms with Gasteiger partial charge in [-0.25, -0.2) is 4.79 Å². The lowest BCUT2D eigenvalue weighted by Gasteiger charge is -2.38. The standard InChI is InChI=1S/C31H34N2O4/c1-4-6-15-33(16-7-5-2)22-12-13-25-29(19-22)36-28-18-21(3)27(32-14-17-34)20-26(28)31(25)24-11-9-8-10-23(24)30(35)37-31/h8-13,17-20,32H,4-7,14-16H2,1-3H3.